The van der Waals surface area contributed by atoms with Crippen molar-refractivity contribution < 1.29 is 14.3 Å². The van der Waals surface area contributed by atoms with E-state index < -0.39 is 11.8 Å². The second-order valence-corrected chi connectivity index (χ2v) is 4.79. The van der Waals surface area contributed by atoms with Crippen LogP contribution in [0.15, 0.2) is 12.1 Å². The normalized spacial score (nSPS) is 12.5. The highest BCUT2D eigenvalue weighted by Crippen LogP contribution is 2.25. The van der Waals surface area contributed by atoms with Crippen LogP contribution in [0.25, 0.3) is 0 Å². The third-order valence-electron chi connectivity index (χ3n) is 3.16. The molecule has 0 aromatic heterocycles. The monoisotopic (exact) mass is 254 g/mol. The number of halogens is 1. The molecule has 0 heterocycles. The highest BCUT2D eigenvalue weighted by molar-refractivity contribution is 6.00. The van der Waals surface area contributed by atoms with Crippen molar-refractivity contribution in [3.63, 3.8) is 0 Å². The molecule has 4 nitrogen and oxygen atoms in total. The standard InChI is InChI=1S/C13H19FN2O2/c1-7(2)8(3)6-16-10-5-4-9(14)12(15)11(10)13(17)18/h4-5,7-8,16H,6,15H2,1-3H3,(H,17,18). The summed E-state index contributed by atoms with van der Waals surface area (Å²) in [5.41, 5.74) is 5.28. The van der Waals surface area contributed by atoms with Gasteiger partial charge in [-0.25, -0.2) is 9.18 Å². The number of carboxylic acids is 1. The van der Waals surface area contributed by atoms with Gasteiger partial charge in [-0.05, 0) is 24.0 Å². The van der Waals surface area contributed by atoms with Crippen molar-refractivity contribution in [3.8, 4) is 0 Å². The highest BCUT2D eigenvalue weighted by atomic mass is 19.1. The third kappa shape index (κ3) is 3.12. The van der Waals surface area contributed by atoms with Crippen molar-refractivity contribution >= 4 is 17.3 Å². The molecule has 1 aromatic carbocycles. The minimum Gasteiger partial charge on any atom is -0.478 e. The predicted molar refractivity (Wildman–Crippen MR) is 70.3 cm³/mol. The molecule has 0 fully saturated rings. The van der Waals surface area contributed by atoms with Crippen molar-refractivity contribution in [1.29, 1.82) is 0 Å². The van der Waals surface area contributed by atoms with E-state index in [1.54, 1.807) is 0 Å². The first-order chi connectivity index (χ1) is 8.34. The zero-order valence-electron chi connectivity index (χ0n) is 10.8. The fourth-order valence-electron chi connectivity index (χ4n) is 1.48. The lowest BCUT2D eigenvalue weighted by Gasteiger charge is -2.18. The van der Waals surface area contributed by atoms with Crippen LogP contribution < -0.4 is 11.1 Å². The van der Waals surface area contributed by atoms with Gasteiger partial charge >= 0.3 is 5.97 Å². The molecule has 0 saturated carbocycles. The Morgan fingerprint density at radius 3 is 2.56 bits per heavy atom. The zero-order valence-corrected chi connectivity index (χ0v) is 10.8. The number of rotatable bonds is 5. The van der Waals surface area contributed by atoms with Crippen molar-refractivity contribution in [2.45, 2.75) is 20.8 Å². The molecule has 100 valence electrons. The van der Waals surface area contributed by atoms with E-state index in [-0.39, 0.29) is 11.3 Å². The third-order valence-corrected chi connectivity index (χ3v) is 3.16. The van der Waals surface area contributed by atoms with Gasteiger partial charge in [0.05, 0.1) is 11.4 Å². The minimum absolute atomic E-state index is 0.203. The lowest BCUT2D eigenvalue weighted by atomic mass is 9.98. The molecule has 1 unspecified atom stereocenters. The number of carboxylic acid groups (broad SMARTS) is 1. The Balaban J connectivity index is 2.96. The average Bonchev–Trinajstić information content (AvgIpc) is 2.29. The number of carbonyl (C=O) groups is 1. The van der Waals surface area contributed by atoms with Crippen molar-refractivity contribution in [2.75, 3.05) is 17.6 Å². The van der Waals surface area contributed by atoms with E-state index in [2.05, 4.69) is 26.1 Å². The van der Waals surface area contributed by atoms with Crippen LogP contribution in [0.4, 0.5) is 15.8 Å². The number of aromatic carboxylic acids is 1. The molecule has 1 rings (SSSR count). The molecule has 0 amide bonds. The highest BCUT2D eigenvalue weighted by Gasteiger charge is 2.18. The van der Waals surface area contributed by atoms with Gasteiger partial charge in [0.15, 0.2) is 0 Å². The second kappa shape index (κ2) is 5.71. The van der Waals surface area contributed by atoms with Crippen LogP contribution in [-0.4, -0.2) is 17.6 Å². The summed E-state index contributed by atoms with van der Waals surface area (Å²) < 4.78 is 13.2. The summed E-state index contributed by atoms with van der Waals surface area (Å²) in [7, 11) is 0. The van der Waals surface area contributed by atoms with Gasteiger partial charge < -0.3 is 16.2 Å². The first kappa shape index (κ1) is 14.3. The molecule has 1 aromatic rings. The molecule has 0 aliphatic carbocycles. The molecule has 0 aliphatic rings. The Hall–Kier alpha value is -1.78. The predicted octanol–water partition coefficient (Wildman–Crippen LogP) is 2.81. The van der Waals surface area contributed by atoms with E-state index in [0.717, 1.165) is 0 Å². The molecule has 0 saturated heterocycles. The Morgan fingerprint density at radius 2 is 2.06 bits per heavy atom. The van der Waals surface area contributed by atoms with Crippen LogP contribution in [-0.2, 0) is 0 Å². The average molecular weight is 254 g/mol. The van der Waals surface area contributed by atoms with E-state index in [0.29, 0.717) is 24.1 Å². The van der Waals surface area contributed by atoms with Gasteiger partial charge in [-0.2, -0.15) is 0 Å². The quantitative estimate of drug-likeness (QED) is 0.706. The molecule has 0 spiro atoms. The summed E-state index contributed by atoms with van der Waals surface area (Å²) in [6, 6.07) is 2.58. The van der Waals surface area contributed by atoms with Crippen molar-refractivity contribution in [2.24, 2.45) is 11.8 Å². The number of nitrogens with two attached hydrogens (primary N) is 1. The van der Waals surface area contributed by atoms with Crippen LogP contribution in [0.1, 0.15) is 31.1 Å². The van der Waals surface area contributed by atoms with Crippen LogP contribution in [0.3, 0.4) is 0 Å². The maximum Gasteiger partial charge on any atom is 0.340 e. The molecule has 18 heavy (non-hydrogen) atoms. The fourth-order valence-corrected chi connectivity index (χ4v) is 1.48. The minimum atomic E-state index is -1.23. The summed E-state index contributed by atoms with van der Waals surface area (Å²) in [5.74, 6) is -1.09. The summed E-state index contributed by atoms with van der Waals surface area (Å²) in [5, 5.41) is 12.1. The molecule has 0 aliphatic heterocycles. The fraction of sp³-hybridized carbons (Fsp3) is 0.462. The van der Waals surface area contributed by atoms with Crippen molar-refractivity contribution in [3.05, 3.63) is 23.5 Å². The molecule has 0 bridgehead atoms. The first-order valence-electron chi connectivity index (χ1n) is 5.89. The largest absolute Gasteiger partial charge is 0.478 e. The van der Waals surface area contributed by atoms with Crippen LogP contribution >= 0.6 is 0 Å². The van der Waals surface area contributed by atoms with Crippen LogP contribution in [0.5, 0.6) is 0 Å². The lowest BCUT2D eigenvalue weighted by Crippen LogP contribution is -2.18. The maximum atomic E-state index is 13.2. The zero-order chi connectivity index (χ0) is 13.9. The van der Waals surface area contributed by atoms with E-state index in [1.807, 2.05) is 0 Å². The summed E-state index contributed by atoms with van der Waals surface area (Å²) >= 11 is 0. The Labute approximate surface area is 106 Å². The molecule has 4 N–H and O–H groups in total. The number of hydrogen-bond acceptors (Lipinski definition) is 3. The van der Waals surface area contributed by atoms with Crippen LogP contribution in [0, 0.1) is 17.7 Å². The number of nitrogen functional groups attached to an aromatic ring is 1. The molecule has 5 heteroatoms. The molecule has 1 atom stereocenters. The Kier molecular flexibility index (Phi) is 4.53. The number of benzene rings is 1. The van der Waals surface area contributed by atoms with Gasteiger partial charge in [0.2, 0.25) is 0 Å². The number of nitrogens with one attached hydrogen (secondary N) is 1. The Morgan fingerprint density at radius 1 is 1.44 bits per heavy atom. The van der Waals surface area contributed by atoms with Gasteiger partial charge in [-0.3, -0.25) is 0 Å². The van der Waals surface area contributed by atoms with Crippen LogP contribution in [0.2, 0.25) is 0 Å². The van der Waals surface area contributed by atoms with Gasteiger partial charge in [-0.1, -0.05) is 20.8 Å². The van der Waals surface area contributed by atoms with Crippen molar-refractivity contribution in [1.82, 2.24) is 0 Å². The van der Waals surface area contributed by atoms with E-state index in [1.165, 1.54) is 12.1 Å². The Bertz CT molecular complexity index is 447. The second-order valence-electron chi connectivity index (χ2n) is 4.79. The van der Waals surface area contributed by atoms with Gasteiger partial charge in [-0.15, -0.1) is 0 Å². The van der Waals surface area contributed by atoms with E-state index in [4.69, 9.17) is 10.8 Å². The van der Waals surface area contributed by atoms with Gasteiger partial charge in [0.25, 0.3) is 0 Å². The number of hydrogen-bond donors (Lipinski definition) is 3. The summed E-state index contributed by atoms with van der Waals surface area (Å²) in [4.78, 5) is 11.1. The van der Waals surface area contributed by atoms with E-state index >= 15 is 0 Å². The lowest BCUT2D eigenvalue weighted by molar-refractivity contribution is 0.0698. The van der Waals surface area contributed by atoms with E-state index in [9.17, 15) is 9.18 Å². The summed E-state index contributed by atoms with van der Waals surface area (Å²) in [6.07, 6.45) is 0. The SMILES string of the molecule is CC(C)C(C)CNc1ccc(F)c(N)c1C(=O)O. The number of anilines is 2. The maximum absolute atomic E-state index is 13.2. The smallest absolute Gasteiger partial charge is 0.340 e. The molecular formula is C13H19FN2O2. The molecular weight excluding hydrogens is 235 g/mol. The topological polar surface area (TPSA) is 75.3 Å². The van der Waals surface area contributed by atoms with Gasteiger partial charge in [0, 0.05) is 6.54 Å². The molecule has 0 radical (unpaired) electrons. The summed E-state index contributed by atoms with van der Waals surface area (Å²) in [6.45, 7) is 6.85. The first-order valence-corrected chi connectivity index (χ1v) is 5.89. The van der Waals surface area contributed by atoms with Gasteiger partial charge in [0.1, 0.15) is 11.4 Å².